The predicted molar refractivity (Wildman–Crippen MR) is 60.9 cm³/mol. The third-order valence-corrected chi connectivity index (χ3v) is 3.16. The summed E-state index contributed by atoms with van der Waals surface area (Å²) < 4.78 is 4.17. The Morgan fingerprint density at radius 1 is 1.54 bits per heavy atom. The van der Waals surface area contributed by atoms with E-state index in [0.717, 1.165) is 35.8 Å². The predicted octanol–water partition coefficient (Wildman–Crippen LogP) is 2.46. The van der Waals surface area contributed by atoms with Crippen LogP contribution < -0.4 is 4.90 Å². The van der Waals surface area contributed by atoms with Crippen molar-refractivity contribution in [1.82, 2.24) is 9.36 Å². The Balaban J connectivity index is 2.56. The Kier molecular flexibility index (Phi) is 4.66. The summed E-state index contributed by atoms with van der Waals surface area (Å²) in [4.78, 5) is 6.61. The van der Waals surface area contributed by atoms with Crippen LogP contribution >= 0.6 is 27.5 Å². The quantitative estimate of drug-likeness (QED) is 0.765. The topological polar surface area (TPSA) is 29.0 Å². The van der Waals surface area contributed by atoms with Crippen molar-refractivity contribution in [2.75, 3.05) is 23.3 Å². The van der Waals surface area contributed by atoms with E-state index in [1.807, 2.05) is 6.92 Å². The summed E-state index contributed by atoms with van der Waals surface area (Å²) in [5.41, 5.74) is 0. The Morgan fingerprint density at radius 2 is 2.31 bits per heavy atom. The maximum Gasteiger partial charge on any atom is 0.205 e. The molecule has 3 nitrogen and oxygen atoms in total. The number of halogens is 1. The maximum absolute atomic E-state index is 4.35. The number of alkyl halides is 1. The molecule has 0 saturated carbocycles. The maximum atomic E-state index is 4.35. The number of nitrogens with zero attached hydrogens (tertiary/aromatic N) is 3. The van der Waals surface area contributed by atoms with Crippen molar-refractivity contribution < 1.29 is 0 Å². The van der Waals surface area contributed by atoms with Crippen molar-refractivity contribution in [2.24, 2.45) is 0 Å². The van der Waals surface area contributed by atoms with Crippen LogP contribution in [0.3, 0.4) is 0 Å². The Morgan fingerprint density at radius 3 is 2.77 bits per heavy atom. The Hall–Kier alpha value is -0.160. The average molecular weight is 264 g/mol. The van der Waals surface area contributed by atoms with Gasteiger partial charge in [-0.2, -0.15) is 4.37 Å². The third-order valence-electron chi connectivity index (χ3n) is 1.73. The van der Waals surface area contributed by atoms with Gasteiger partial charge in [-0.25, -0.2) is 4.98 Å². The Bertz CT molecular complexity index is 251. The van der Waals surface area contributed by atoms with Gasteiger partial charge >= 0.3 is 0 Å². The average Bonchev–Trinajstić information content (AvgIpc) is 2.54. The molecule has 1 aromatic heterocycles. The van der Waals surface area contributed by atoms with Gasteiger partial charge in [0.05, 0.1) is 0 Å². The fourth-order valence-corrected chi connectivity index (χ4v) is 2.07. The van der Waals surface area contributed by atoms with E-state index >= 15 is 0 Å². The molecule has 0 radical (unpaired) electrons. The lowest BCUT2D eigenvalue weighted by molar-refractivity contribution is 0.793. The molecule has 1 rings (SSSR count). The van der Waals surface area contributed by atoms with Crippen LogP contribution in [0, 0.1) is 6.92 Å². The van der Waals surface area contributed by atoms with Gasteiger partial charge in [0.2, 0.25) is 5.13 Å². The molecule has 0 aromatic carbocycles. The highest BCUT2D eigenvalue weighted by atomic mass is 79.9. The fourth-order valence-electron chi connectivity index (χ4n) is 1.05. The van der Waals surface area contributed by atoms with Crippen LogP contribution in [0.1, 0.15) is 19.2 Å². The minimum atomic E-state index is 0.872. The van der Waals surface area contributed by atoms with Crippen molar-refractivity contribution in [1.29, 1.82) is 0 Å². The molecule has 1 heterocycles. The molecule has 0 aliphatic rings. The summed E-state index contributed by atoms with van der Waals surface area (Å²) in [6.07, 6.45) is 1.15. The van der Waals surface area contributed by atoms with Gasteiger partial charge in [0.15, 0.2) is 0 Å². The van der Waals surface area contributed by atoms with Gasteiger partial charge in [-0.3, -0.25) is 0 Å². The van der Waals surface area contributed by atoms with Crippen molar-refractivity contribution in [3.05, 3.63) is 5.82 Å². The van der Waals surface area contributed by atoms with E-state index in [2.05, 4.69) is 37.1 Å². The minimum absolute atomic E-state index is 0.872. The summed E-state index contributed by atoms with van der Waals surface area (Å²) >= 11 is 4.91. The molecule has 0 N–H and O–H groups in total. The monoisotopic (exact) mass is 263 g/mol. The lowest BCUT2D eigenvalue weighted by atomic mass is 10.4. The van der Waals surface area contributed by atoms with E-state index in [9.17, 15) is 0 Å². The molecule has 0 spiro atoms. The van der Waals surface area contributed by atoms with E-state index in [0.29, 0.717) is 0 Å². The van der Waals surface area contributed by atoms with Crippen molar-refractivity contribution >= 4 is 32.6 Å². The van der Waals surface area contributed by atoms with Gasteiger partial charge in [-0.15, -0.1) is 0 Å². The lowest BCUT2D eigenvalue weighted by Gasteiger charge is -2.17. The van der Waals surface area contributed by atoms with Gasteiger partial charge in [-0.05, 0) is 20.3 Å². The zero-order valence-electron chi connectivity index (χ0n) is 7.96. The molecule has 0 amide bonds. The largest absolute Gasteiger partial charge is 0.347 e. The SMILES string of the molecule is CCN(CCCBr)c1nc(C)ns1. The standard InChI is InChI=1S/C8H14BrN3S/c1-3-12(6-4-5-9)8-10-7(2)11-13-8/h3-6H2,1-2H3. The summed E-state index contributed by atoms with van der Waals surface area (Å²) in [6.45, 7) is 6.13. The molecule has 0 atom stereocenters. The van der Waals surface area contributed by atoms with Crippen LogP contribution in [0.15, 0.2) is 0 Å². The van der Waals surface area contributed by atoms with E-state index in [1.165, 1.54) is 11.5 Å². The van der Waals surface area contributed by atoms with Crippen molar-refractivity contribution in [2.45, 2.75) is 20.3 Å². The highest BCUT2D eigenvalue weighted by Gasteiger charge is 2.07. The molecular weight excluding hydrogens is 250 g/mol. The number of hydrogen-bond donors (Lipinski definition) is 0. The van der Waals surface area contributed by atoms with Crippen molar-refractivity contribution in [3.8, 4) is 0 Å². The molecule has 0 unspecified atom stereocenters. The zero-order valence-corrected chi connectivity index (χ0v) is 10.4. The van der Waals surface area contributed by atoms with Crippen LogP contribution in [0.4, 0.5) is 5.13 Å². The highest BCUT2D eigenvalue weighted by molar-refractivity contribution is 9.09. The second-order valence-corrected chi connectivity index (χ2v) is 4.27. The van der Waals surface area contributed by atoms with Gasteiger partial charge in [0.25, 0.3) is 0 Å². The van der Waals surface area contributed by atoms with E-state index in [1.54, 1.807) is 0 Å². The minimum Gasteiger partial charge on any atom is -0.347 e. The first-order valence-corrected chi connectivity index (χ1v) is 6.28. The molecule has 5 heteroatoms. The van der Waals surface area contributed by atoms with Crippen molar-refractivity contribution in [3.63, 3.8) is 0 Å². The molecular formula is C8H14BrN3S. The van der Waals surface area contributed by atoms with Crippen LogP contribution in [-0.2, 0) is 0 Å². The molecule has 0 bridgehead atoms. The first-order valence-electron chi connectivity index (χ1n) is 4.39. The number of rotatable bonds is 5. The summed E-state index contributed by atoms with van der Waals surface area (Å²) in [7, 11) is 0. The van der Waals surface area contributed by atoms with E-state index in [4.69, 9.17) is 0 Å². The summed E-state index contributed by atoms with van der Waals surface area (Å²) in [6, 6.07) is 0. The van der Waals surface area contributed by atoms with Crippen LogP contribution in [-0.4, -0.2) is 27.8 Å². The fraction of sp³-hybridized carbons (Fsp3) is 0.750. The van der Waals surface area contributed by atoms with E-state index in [-0.39, 0.29) is 0 Å². The second kappa shape index (κ2) is 5.54. The van der Waals surface area contributed by atoms with Gasteiger partial charge in [0.1, 0.15) is 5.82 Å². The molecule has 0 aliphatic heterocycles. The number of hydrogen-bond acceptors (Lipinski definition) is 4. The summed E-state index contributed by atoms with van der Waals surface area (Å²) in [5, 5.41) is 2.09. The number of anilines is 1. The second-order valence-electron chi connectivity index (χ2n) is 2.75. The molecule has 0 saturated heterocycles. The van der Waals surface area contributed by atoms with E-state index < -0.39 is 0 Å². The van der Waals surface area contributed by atoms with Gasteiger partial charge < -0.3 is 4.90 Å². The number of aromatic nitrogens is 2. The van der Waals surface area contributed by atoms with Crippen LogP contribution in [0.2, 0.25) is 0 Å². The molecule has 0 fully saturated rings. The first kappa shape index (κ1) is 10.9. The summed E-state index contributed by atoms with van der Waals surface area (Å²) in [5.74, 6) is 0.872. The highest BCUT2D eigenvalue weighted by Crippen LogP contribution is 2.16. The van der Waals surface area contributed by atoms with Gasteiger partial charge in [0, 0.05) is 30.0 Å². The zero-order chi connectivity index (χ0) is 9.68. The molecule has 13 heavy (non-hydrogen) atoms. The number of aryl methyl sites for hydroxylation is 1. The molecule has 0 aliphatic carbocycles. The van der Waals surface area contributed by atoms with Crippen LogP contribution in [0.5, 0.6) is 0 Å². The Labute approximate surface area is 91.5 Å². The van der Waals surface area contributed by atoms with Crippen LogP contribution in [0.25, 0.3) is 0 Å². The smallest absolute Gasteiger partial charge is 0.205 e. The third kappa shape index (κ3) is 3.23. The first-order chi connectivity index (χ1) is 6.27. The lowest BCUT2D eigenvalue weighted by Crippen LogP contribution is -2.23. The normalized spacial score (nSPS) is 10.4. The van der Waals surface area contributed by atoms with Gasteiger partial charge in [-0.1, -0.05) is 15.9 Å². The molecule has 1 aromatic rings. The molecule has 74 valence electrons.